The van der Waals surface area contributed by atoms with Gasteiger partial charge in [0.05, 0.1) is 0 Å². The van der Waals surface area contributed by atoms with E-state index in [4.69, 9.17) is 10.5 Å². The van der Waals surface area contributed by atoms with Crippen molar-refractivity contribution in [2.75, 3.05) is 11.9 Å². The van der Waals surface area contributed by atoms with Crippen LogP contribution in [-0.2, 0) is 9.53 Å². The molecule has 0 spiro atoms. The predicted octanol–water partition coefficient (Wildman–Crippen LogP) is 2.44. The SMILES string of the molecule is NC(=O)c1ccc(NC(=O)COC(=O)c2cc3ccccc3cc2O)cc1. The number of nitrogens with one attached hydrogen (secondary N) is 1. The predicted molar refractivity (Wildman–Crippen MR) is 99.5 cm³/mol. The largest absolute Gasteiger partial charge is 0.507 e. The fraction of sp³-hybridized carbons (Fsp3) is 0.0500. The number of amides is 2. The smallest absolute Gasteiger partial charge is 0.342 e. The Hall–Kier alpha value is -3.87. The molecule has 0 heterocycles. The van der Waals surface area contributed by atoms with Crippen molar-refractivity contribution in [2.45, 2.75) is 0 Å². The van der Waals surface area contributed by atoms with Crippen LogP contribution in [0.3, 0.4) is 0 Å². The first-order chi connectivity index (χ1) is 12.9. The van der Waals surface area contributed by atoms with Crippen molar-refractivity contribution in [1.82, 2.24) is 0 Å². The van der Waals surface area contributed by atoms with Crippen molar-refractivity contribution in [1.29, 1.82) is 0 Å². The zero-order chi connectivity index (χ0) is 19.4. The second-order valence-electron chi connectivity index (χ2n) is 5.78. The van der Waals surface area contributed by atoms with Crippen LogP contribution in [0, 0.1) is 0 Å². The third kappa shape index (κ3) is 4.21. The molecule has 3 aromatic carbocycles. The summed E-state index contributed by atoms with van der Waals surface area (Å²) in [7, 11) is 0. The monoisotopic (exact) mass is 364 g/mol. The summed E-state index contributed by atoms with van der Waals surface area (Å²) in [5.74, 6) is -2.16. The first-order valence-corrected chi connectivity index (χ1v) is 8.02. The number of rotatable bonds is 5. The van der Waals surface area contributed by atoms with E-state index < -0.39 is 24.4 Å². The van der Waals surface area contributed by atoms with E-state index in [1.165, 1.54) is 36.4 Å². The number of nitrogens with two attached hydrogens (primary N) is 1. The minimum absolute atomic E-state index is 0.0210. The molecule has 0 aliphatic rings. The molecule has 27 heavy (non-hydrogen) atoms. The van der Waals surface area contributed by atoms with Crippen LogP contribution in [-0.4, -0.2) is 29.5 Å². The van der Waals surface area contributed by atoms with Gasteiger partial charge in [0.1, 0.15) is 11.3 Å². The molecule has 7 heteroatoms. The molecular formula is C20H16N2O5. The normalized spacial score (nSPS) is 10.4. The van der Waals surface area contributed by atoms with Gasteiger partial charge in [0.15, 0.2) is 6.61 Å². The Morgan fingerprint density at radius 1 is 0.963 bits per heavy atom. The lowest BCUT2D eigenvalue weighted by atomic mass is 10.1. The van der Waals surface area contributed by atoms with Crippen LogP contribution in [0.15, 0.2) is 60.7 Å². The van der Waals surface area contributed by atoms with Crippen LogP contribution >= 0.6 is 0 Å². The number of carbonyl (C=O) groups excluding carboxylic acids is 3. The number of phenolic OH excluding ortho intramolecular Hbond substituents is 1. The molecule has 0 fully saturated rings. The van der Waals surface area contributed by atoms with Crippen LogP contribution in [0.25, 0.3) is 10.8 Å². The summed E-state index contributed by atoms with van der Waals surface area (Å²) in [5, 5.41) is 14.1. The maximum Gasteiger partial charge on any atom is 0.342 e. The van der Waals surface area contributed by atoms with Crippen LogP contribution in [0.4, 0.5) is 5.69 Å². The molecule has 0 saturated heterocycles. The average molecular weight is 364 g/mol. The molecule has 0 bridgehead atoms. The van der Waals surface area contributed by atoms with Crippen molar-refractivity contribution in [2.24, 2.45) is 5.73 Å². The fourth-order valence-electron chi connectivity index (χ4n) is 2.52. The Bertz CT molecular complexity index is 1030. The molecular weight excluding hydrogens is 348 g/mol. The number of ether oxygens (including phenoxy) is 1. The zero-order valence-electron chi connectivity index (χ0n) is 14.1. The van der Waals surface area contributed by atoms with Crippen LogP contribution in [0.1, 0.15) is 20.7 Å². The molecule has 3 rings (SSSR count). The Kier molecular flexibility index (Phi) is 5.03. The number of fused-ring (bicyclic) bond motifs is 1. The number of hydrogen-bond acceptors (Lipinski definition) is 5. The lowest BCUT2D eigenvalue weighted by Gasteiger charge is -2.09. The van der Waals surface area contributed by atoms with Crippen molar-refractivity contribution in [3.63, 3.8) is 0 Å². The molecule has 0 aliphatic heterocycles. The molecule has 3 aromatic rings. The number of benzene rings is 3. The van der Waals surface area contributed by atoms with Gasteiger partial charge in [-0.05, 0) is 47.2 Å². The number of anilines is 1. The van der Waals surface area contributed by atoms with Crippen molar-refractivity contribution < 1.29 is 24.2 Å². The Balaban J connectivity index is 1.62. The summed E-state index contributed by atoms with van der Waals surface area (Å²) >= 11 is 0. The van der Waals surface area contributed by atoms with Gasteiger partial charge in [0.25, 0.3) is 5.91 Å². The number of primary amides is 1. The second kappa shape index (κ2) is 7.57. The quantitative estimate of drug-likeness (QED) is 0.601. The number of hydrogen-bond donors (Lipinski definition) is 3. The first kappa shape index (κ1) is 17.9. The van der Waals surface area contributed by atoms with E-state index in [2.05, 4.69) is 5.32 Å². The highest BCUT2D eigenvalue weighted by atomic mass is 16.5. The highest BCUT2D eigenvalue weighted by Crippen LogP contribution is 2.25. The van der Waals surface area contributed by atoms with Gasteiger partial charge >= 0.3 is 5.97 Å². The molecule has 7 nitrogen and oxygen atoms in total. The standard InChI is InChI=1S/C20H16N2O5/c21-19(25)12-5-7-15(8-6-12)22-18(24)11-27-20(26)16-9-13-3-1-2-4-14(13)10-17(16)23/h1-10,23H,11H2,(H2,21,25)(H,22,24). The van der Waals surface area contributed by atoms with Gasteiger partial charge in [-0.2, -0.15) is 0 Å². The van der Waals surface area contributed by atoms with Crippen molar-refractivity contribution >= 4 is 34.2 Å². The highest BCUT2D eigenvalue weighted by molar-refractivity contribution is 6.00. The van der Waals surface area contributed by atoms with E-state index in [0.717, 1.165) is 10.8 Å². The van der Waals surface area contributed by atoms with Gasteiger partial charge in [-0.25, -0.2) is 4.79 Å². The van der Waals surface area contributed by atoms with Crippen LogP contribution in [0.5, 0.6) is 5.75 Å². The summed E-state index contributed by atoms with van der Waals surface area (Å²) < 4.78 is 4.97. The lowest BCUT2D eigenvalue weighted by Crippen LogP contribution is -2.21. The lowest BCUT2D eigenvalue weighted by molar-refractivity contribution is -0.119. The third-order valence-corrected chi connectivity index (χ3v) is 3.87. The van der Waals surface area contributed by atoms with Crippen LogP contribution < -0.4 is 11.1 Å². The third-order valence-electron chi connectivity index (χ3n) is 3.87. The van der Waals surface area contributed by atoms with Crippen molar-refractivity contribution in [3.05, 3.63) is 71.8 Å². The first-order valence-electron chi connectivity index (χ1n) is 8.02. The molecule has 0 saturated carbocycles. The van der Waals surface area contributed by atoms with Crippen molar-refractivity contribution in [3.8, 4) is 5.75 Å². The fourth-order valence-corrected chi connectivity index (χ4v) is 2.52. The van der Waals surface area contributed by atoms with Gasteiger partial charge < -0.3 is 20.9 Å². The van der Waals surface area contributed by atoms with Gasteiger partial charge in [0, 0.05) is 11.3 Å². The van der Waals surface area contributed by atoms with E-state index >= 15 is 0 Å². The molecule has 0 radical (unpaired) electrons. The topological polar surface area (TPSA) is 119 Å². The summed E-state index contributed by atoms with van der Waals surface area (Å²) in [6, 6.07) is 16.2. The number of esters is 1. The maximum atomic E-state index is 12.2. The minimum Gasteiger partial charge on any atom is -0.507 e. The van der Waals surface area contributed by atoms with Gasteiger partial charge in [-0.15, -0.1) is 0 Å². The van der Waals surface area contributed by atoms with Crippen LogP contribution in [0.2, 0.25) is 0 Å². The Morgan fingerprint density at radius 2 is 1.59 bits per heavy atom. The van der Waals surface area contributed by atoms with E-state index in [0.29, 0.717) is 11.3 Å². The summed E-state index contributed by atoms with van der Waals surface area (Å²) in [6.45, 7) is -0.525. The van der Waals surface area contributed by atoms with E-state index in [1.807, 2.05) is 12.1 Å². The average Bonchev–Trinajstić information content (AvgIpc) is 2.66. The van der Waals surface area contributed by atoms with Gasteiger partial charge in [-0.1, -0.05) is 24.3 Å². The number of aromatic hydroxyl groups is 1. The van der Waals surface area contributed by atoms with Gasteiger partial charge in [0.2, 0.25) is 5.91 Å². The molecule has 0 aromatic heterocycles. The molecule has 136 valence electrons. The summed E-state index contributed by atoms with van der Waals surface area (Å²) in [6.07, 6.45) is 0. The molecule has 0 aliphatic carbocycles. The van der Waals surface area contributed by atoms with Gasteiger partial charge in [-0.3, -0.25) is 9.59 Å². The van der Waals surface area contributed by atoms with E-state index in [-0.39, 0.29) is 11.3 Å². The summed E-state index contributed by atoms with van der Waals surface area (Å²) in [5.41, 5.74) is 5.86. The Morgan fingerprint density at radius 3 is 2.22 bits per heavy atom. The Labute approximate surface area is 154 Å². The second-order valence-corrected chi connectivity index (χ2v) is 5.78. The highest BCUT2D eigenvalue weighted by Gasteiger charge is 2.15. The molecule has 2 amide bonds. The number of phenols is 1. The maximum absolute atomic E-state index is 12.2. The molecule has 4 N–H and O–H groups in total. The molecule has 0 atom stereocenters. The summed E-state index contributed by atoms with van der Waals surface area (Å²) in [4.78, 5) is 35.1. The molecule has 0 unspecified atom stereocenters. The minimum atomic E-state index is -0.808. The number of carbonyl (C=O) groups is 3. The zero-order valence-corrected chi connectivity index (χ0v) is 14.1. The van der Waals surface area contributed by atoms with E-state index in [1.54, 1.807) is 12.1 Å². The van der Waals surface area contributed by atoms with E-state index in [9.17, 15) is 19.5 Å².